The SMILES string of the molecule is CCCCCOc1ccc([C@@H]2C(=C(O)c3ccc(OCCC)cc3)C(=O)C(=O)N2c2cc(C)on2)cc1. The first kappa shape index (κ1) is 26.0. The second kappa shape index (κ2) is 11.8. The van der Waals surface area contributed by atoms with Gasteiger partial charge in [-0.25, -0.2) is 0 Å². The van der Waals surface area contributed by atoms with Gasteiger partial charge in [-0.3, -0.25) is 14.5 Å². The van der Waals surface area contributed by atoms with Gasteiger partial charge in [-0.15, -0.1) is 0 Å². The molecule has 0 aliphatic carbocycles. The molecule has 0 spiro atoms. The first-order valence-electron chi connectivity index (χ1n) is 12.6. The number of aliphatic hydroxyl groups is 1. The number of ether oxygens (including phenoxy) is 2. The Morgan fingerprint density at radius 3 is 2.19 bits per heavy atom. The third-order valence-electron chi connectivity index (χ3n) is 6.12. The van der Waals surface area contributed by atoms with Gasteiger partial charge in [-0.1, -0.05) is 44.0 Å². The molecule has 1 amide bonds. The highest BCUT2D eigenvalue weighted by atomic mass is 16.5. The minimum absolute atomic E-state index is 0.0236. The Balaban J connectivity index is 1.72. The van der Waals surface area contributed by atoms with Gasteiger partial charge in [0.2, 0.25) is 0 Å². The normalized spacial score (nSPS) is 16.8. The quantitative estimate of drug-likeness (QED) is 0.149. The van der Waals surface area contributed by atoms with E-state index < -0.39 is 17.7 Å². The van der Waals surface area contributed by atoms with Gasteiger partial charge in [0.25, 0.3) is 5.78 Å². The van der Waals surface area contributed by atoms with Crippen LogP contribution in [0, 0.1) is 6.92 Å². The number of rotatable bonds is 11. The maximum Gasteiger partial charge on any atom is 0.301 e. The molecular formula is C29H32N2O6. The minimum Gasteiger partial charge on any atom is -0.507 e. The molecule has 1 fully saturated rings. The number of hydrogen-bond donors (Lipinski definition) is 1. The van der Waals surface area contributed by atoms with Gasteiger partial charge < -0.3 is 19.1 Å². The topological polar surface area (TPSA) is 102 Å². The zero-order chi connectivity index (χ0) is 26.4. The molecule has 8 nitrogen and oxygen atoms in total. The molecule has 4 rings (SSSR count). The summed E-state index contributed by atoms with van der Waals surface area (Å²) in [6.07, 6.45) is 4.04. The lowest BCUT2D eigenvalue weighted by Crippen LogP contribution is -2.29. The molecule has 2 heterocycles. The van der Waals surface area contributed by atoms with Crippen LogP contribution in [-0.2, 0) is 9.59 Å². The Morgan fingerprint density at radius 2 is 1.59 bits per heavy atom. The number of anilines is 1. The fourth-order valence-electron chi connectivity index (χ4n) is 4.22. The van der Waals surface area contributed by atoms with Crippen LogP contribution < -0.4 is 14.4 Å². The average molecular weight is 505 g/mol. The lowest BCUT2D eigenvalue weighted by Gasteiger charge is -2.23. The van der Waals surface area contributed by atoms with Crippen LogP contribution in [0.25, 0.3) is 5.76 Å². The molecule has 194 valence electrons. The van der Waals surface area contributed by atoms with Gasteiger partial charge in [0.1, 0.15) is 23.0 Å². The van der Waals surface area contributed by atoms with Crippen molar-refractivity contribution in [3.63, 3.8) is 0 Å². The summed E-state index contributed by atoms with van der Waals surface area (Å²) in [5.41, 5.74) is 1.01. The largest absolute Gasteiger partial charge is 0.507 e. The molecule has 1 saturated heterocycles. The highest BCUT2D eigenvalue weighted by Gasteiger charge is 2.48. The smallest absolute Gasteiger partial charge is 0.301 e. The summed E-state index contributed by atoms with van der Waals surface area (Å²) in [6.45, 7) is 7.04. The number of hydrogen-bond acceptors (Lipinski definition) is 7. The van der Waals surface area contributed by atoms with E-state index in [9.17, 15) is 14.7 Å². The third kappa shape index (κ3) is 5.69. The Hall–Kier alpha value is -4.07. The number of unbranched alkanes of at least 4 members (excludes halogenated alkanes) is 2. The summed E-state index contributed by atoms with van der Waals surface area (Å²) in [5, 5.41) is 15.2. The molecule has 2 aromatic carbocycles. The Kier molecular flexibility index (Phi) is 8.28. The second-order valence-corrected chi connectivity index (χ2v) is 8.96. The molecule has 8 heteroatoms. The minimum atomic E-state index is -0.894. The number of ketones is 1. The lowest BCUT2D eigenvalue weighted by molar-refractivity contribution is -0.132. The van der Waals surface area contributed by atoms with Gasteiger partial charge in [-0.05, 0) is 61.7 Å². The summed E-state index contributed by atoms with van der Waals surface area (Å²) in [6, 6.07) is 14.7. The van der Waals surface area contributed by atoms with E-state index >= 15 is 0 Å². The van der Waals surface area contributed by atoms with Crippen LogP contribution in [0.2, 0.25) is 0 Å². The number of aliphatic hydroxyl groups excluding tert-OH is 1. The first-order valence-corrected chi connectivity index (χ1v) is 12.6. The molecule has 0 unspecified atom stereocenters. The van der Waals surface area contributed by atoms with Crippen LogP contribution in [0.3, 0.4) is 0 Å². The van der Waals surface area contributed by atoms with E-state index in [1.54, 1.807) is 61.5 Å². The van der Waals surface area contributed by atoms with E-state index in [1.165, 1.54) is 4.90 Å². The van der Waals surface area contributed by atoms with Crippen molar-refractivity contribution < 1.29 is 28.7 Å². The van der Waals surface area contributed by atoms with Crippen LogP contribution in [0.1, 0.15) is 62.5 Å². The van der Waals surface area contributed by atoms with Crippen molar-refractivity contribution in [2.75, 3.05) is 18.1 Å². The van der Waals surface area contributed by atoms with E-state index in [0.29, 0.717) is 41.6 Å². The van der Waals surface area contributed by atoms with Crippen molar-refractivity contribution in [2.24, 2.45) is 0 Å². The van der Waals surface area contributed by atoms with Crippen molar-refractivity contribution >= 4 is 23.3 Å². The van der Waals surface area contributed by atoms with Crippen LogP contribution >= 0.6 is 0 Å². The van der Waals surface area contributed by atoms with Gasteiger partial charge in [0.15, 0.2) is 5.82 Å². The first-order chi connectivity index (χ1) is 17.9. The maximum absolute atomic E-state index is 13.3. The van der Waals surface area contributed by atoms with Crippen molar-refractivity contribution in [1.29, 1.82) is 0 Å². The van der Waals surface area contributed by atoms with Crippen LogP contribution in [-0.4, -0.2) is 35.2 Å². The number of amides is 1. The molecule has 1 atom stereocenters. The fraction of sp³-hybridized carbons (Fsp3) is 0.345. The average Bonchev–Trinajstić information content (AvgIpc) is 3.45. The highest BCUT2D eigenvalue weighted by Crippen LogP contribution is 2.42. The Labute approximate surface area is 216 Å². The number of carbonyl (C=O) groups is 2. The summed E-state index contributed by atoms with van der Waals surface area (Å²) in [5.74, 6) is 0.186. The zero-order valence-corrected chi connectivity index (χ0v) is 21.4. The number of aryl methyl sites for hydroxylation is 1. The molecule has 3 aromatic rings. The molecule has 37 heavy (non-hydrogen) atoms. The fourth-order valence-corrected chi connectivity index (χ4v) is 4.22. The molecule has 0 bridgehead atoms. The molecule has 1 aliphatic heterocycles. The third-order valence-corrected chi connectivity index (χ3v) is 6.12. The molecule has 1 N–H and O–H groups in total. The maximum atomic E-state index is 13.3. The van der Waals surface area contributed by atoms with Crippen molar-refractivity contribution in [3.05, 3.63) is 77.1 Å². The second-order valence-electron chi connectivity index (χ2n) is 8.96. The van der Waals surface area contributed by atoms with Crippen LogP contribution in [0.15, 0.2) is 64.7 Å². The van der Waals surface area contributed by atoms with Crippen LogP contribution in [0.5, 0.6) is 11.5 Å². The molecule has 1 aromatic heterocycles. The molecule has 1 aliphatic rings. The van der Waals surface area contributed by atoms with Crippen molar-refractivity contribution in [2.45, 2.75) is 52.5 Å². The van der Waals surface area contributed by atoms with Gasteiger partial charge in [0, 0.05) is 11.6 Å². The molecule has 0 radical (unpaired) electrons. The molecular weight excluding hydrogens is 472 g/mol. The summed E-state index contributed by atoms with van der Waals surface area (Å²) >= 11 is 0. The number of carbonyl (C=O) groups excluding carboxylic acids is 2. The van der Waals surface area contributed by atoms with Gasteiger partial charge in [0.05, 0.1) is 24.8 Å². The van der Waals surface area contributed by atoms with Gasteiger partial charge in [-0.2, -0.15) is 0 Å². The predicted molar refractivity (Wildman–Crippen MR) is 140 cm³/mol. The number of benzene rings is 2. The Bertz CT molecular complexity index is 1260. The summed E-state index contributed by atoms with van der Waals surface area (Å²) in [7, 11) is 0. The van der Waals surface area contributed by atoms with E-state index in [2.05, 4.69) is 12.1 Å². The molecule has 0 saturated carbocycles. The summed E-state index contributed by atoms with van der Waals surface area (Å²) in [4.78, 5) is 27.7. The zero-order valence-electron chi connectivity index (χ0n) is 21.4. The predicted octanol–water partition coefficient (Wildman–Crippen LogP) is 5.97. The number of aromatic nitrogens is 1. The Morgan fingerprint density at radius 1 is 0.946 bits per heavy atom. The van der Waals surface area contributed by atoms with Crippen LogP contribution in [0.4, 0.5) is 5.82 Å². The van der Waals surface area contributed by atoms with E-state index in [1.807, 2.05) is 6.92 Å². The van der Waals surface area contributed by atoms with Crippen molar-refractivity contribution in [1.82, 2.24) is 5.16 Å². The van der Waals surface area contributed by atoms with E-state index in [4.69, 9.17) is 14.0 Å². The van der Waals surface area contributed by atoms with Gasteiger partial charge >= 0.3 is 5.91 Å². The van der Waals surface area contributed by atoms with Crippen molar-refractivity contribution in [3.8, 4) is 11.5 Å². The number of Topliss-reactive ketones (excluding diaryl/α,β-unsaturated/α-hetero) is 1. The van der Waals surface area contributed by atoms with E-state index in [-0.39, 0.29) is 17.2 Å². The lowest BCUT2D eigenvalue weighted by atomic mass is 9.95. The van der Waals surface area contributed by atoms with E-state index in [0.717, 1.165) is 25.7 Å². The standard InChI is InChI=1S/C29H32N2O6/c1-4-6-7-17-36-23-12-8-20(9-13-23)26-25(27(32)21-10-14-22(15-11-21)35-16-5-2)28(33)29(34)31(26)24-18-19(3)37-30-24/h8-15,18,26,32H,4-7,16-17H2,1-3H3/t26-/m1/s1. The number of nitrogens with zero attached hydrogens (tertiary/aromatic N) is 2. The monoisotopic (exact) mass is 504 g/mol. The summed E-state index contributed by atoms with van der Waals surface area (Å²) < 4.78 is 16.6. The highest BCUT2D eigenvalue weighted by molar-refractivity contribution is 6.51.